The maximum absolute atomic E-state index is 13.2. The van der Waals surface area contributed by atoms with Gasteiger partial charge in [0.1, 0.15) is 0 Å². The molecular weight excluding hydrogens is 332 g/mol. The first kappa shape index (κ1) is 21.3. The number of carbonyl (C=O) groups excluding carboxylic acids is 1. The second kappa shape index (κ2) is 10.3. The molecule has 1 aromatic carbocycles. The molecule has 0 bridgehead atoms. The zero-order chi connectivity index (χ0) is 19.8. The van der Waals surface area contributed by atoms with Crippen LogP contribution in [0.2, 0.25) is 0 Å². The molecule has 27 heavy (non-hydrogen) atoms. The molecule has 1 amide bonds. The maximum Gasteiger partial charge on any atom is 0.226 e. The fourth-order valence-corrected chi connectivity index (χ4v) is 3.63. The van der Waals surface area contributed by atoms with E-state index in [1.165, 1.54) is 16.8 Å². The monoisotopic (exact) mass is 368 g/mol. The molecule has 0 saturated heterocycles. The van der Waals surface area contributed by atoms with Crippen LogP contribution in [0.4, 0.5) is 0 Å². The number of hydrogen-bond acceptors (Lipinski definition) is 1. The Morgan fingerprint density at radius 3 is 2.56 bits per heavy atom. The van der Waals surface area contributed by atoms with Crippen molar-refractivity contribution in [2.24, 2.45) is 5.92 Å². The molecule has 0 aliphatic heterocycles. The average Bonchev–Trinajstić information content (AvgIpc) is 3.06. The van der Waals surface area contributed by atoms with Gasteiger partial charge in [-0.1, -0.05) is 56.5 Å². The number of aromatic nitrogens is 1. The Morgan fingerprint density at radius 1 is 1.15 bits per heavy atom. The summed E-state index contributed by atoms with van der Waals surface area (Å²) in [6.45, 7) is 12.2. The van der Waals surface area contributed by atoms with Gasteiger partial charge in [0, 0.05) is 30.4 Å². The van der Waals surface area contributed by atoms with Gasteiger partial charge in [0.05, 0.1) is 6.54 Å². The zero-order valence-corrected chi connectivity index (χ0v) is 17.7. The molecule has 148 valence electrons. The third-order valence-electron chi connectivity index (χ3n) is 5.35. The lowest BCUT2D eigenvalue weighted by molar-refractivity contribution is -0.138. The van der Waals surface area contributed by atoms with Crippen LogP contribution in [0.15, 0.2) is 42.6 Å². The summed E-state index contributed by atoms with van der Waals surface area (Å²) in [7, 11) is 0. The lowest BCUT2D eigenvalue weighted by Gasteiger charge is -2.31. The molecule has 3 nitrogen and oxygen atoms in total. The van der Waals surface area contributed by atoms with E-state index < -0.39 is 0 Å². The molecule has 2 rings (SSSR count). The molecule has 0 aliphatic carbocycles. The number of amides is 1. The van der Waals surface area contributed by atoms with Gasteiger partial charge in [0.2, 0.25) is 5.91 Å². The summed E-state index contributed by atoms with van der Waals surface area (Å²) in [6.07, 6.45) is 6.31. The van der Waals surface area contributed by atoms with E-state index in [0.29, 0.717) is 12.5 Å². The lowest BCUT2D eigenvalue weighted by atomic mass is 9.97. The second-order valence-corrected chi connectivity index (χ2v) is 7.92. The third kappa shape index (κ3) is 5.98. The first-order chi connectivity index (χ1) is 13.0. The third-order valence-corrected chi connectivity index (χ3v) is 5.35. The summed E-state index contributed by atoms with van der Waals surface area (Å²) >= 11 is 0. The van der Waals surface area contributed by atoms with Gasteiger partial charge in [-0.2, -0.15) is 0 Å². The van der Waals surface area contributed by atoms with Gasteiger partial charge in [-0.15, -0.1) is 0 Å². The van der Waals surface area contributed by atoms with Crippen LogP contribution < -0.4 is 0 Å². The molecule has 0 N–H and O–H groups in total. The number of aryl methyl sites for hydroxylation is 1. The van der Waals surface area contributed by atoms with Crippen LogP contribution in [-0.2, 0) is 17.9 Å². The normalized spacial score (nSPS) is 12.4. The van der Waals surface area contributed by atoms with E-state index in [4.69, 9.17) is 0 Å². The summed E-state index contributed by atoms with van der Waals surface area (Å²) in [5.41, 5.74) is 3.77. The summed E-state index contributed by atoms with van der Waals surface area (Å²) in [4.78, 5) is 15.2. The van der Waals surface area contributed by atoms with Crippen molar-refractivity contribution in [3.63, 3.8) is 0 Å². The van der Waals surface area contributed by atoms with E-state index in [-0.39, 0.29) is 12.0 Å². The summed E-state index contributed by atoms with van der Waals surface area (Å²) in [5.74, 6) is 0.455. The van der Waals surface area contributed by atoms with Crippen molar-refractivity contribution in [3.05, 3.63) is 59.4 Å². The SMILES string of the molecule is CCCCC(CC)C(=O)N(Cc1cccn1Cc1cccc(C)c1)C(C)C. The highest BCUT2D eigenvalue weighted by molar-refractivity contribution is 5.79. The van der Waals surface area contributed by atoms with E-state index in [9.17, 15) is 4.79 Å². The van der Waals surface area contributed by atoms with Crippen molar-refractivity contribution in [2.75, 3.05) is 0 Å². The highest BCUT2D eigenvalue weighted by Crippen LogP contribution is 2.20. The van der Waals surface area contributed by atoms with Crippen molar-refractivity contribution in [1.82, 2.24) is 9.47 Å². The first-order valence-corrected chi connectivity index (χ1v) is 10.5. The van der Waals surface area contributed by atoms with Gasteiger partial charge in [0.15, 0.2) is 0 Å². The van der Waals surface area contributed by atoms with Crippen LogP contribution in [-0.4, -0.2) is 21.4 Å². The van der Waals surface area contributed by atoms with Crippen molar-refractivity contribution in [3.8, 4) is 0 Å². The fraction of sp³-hybridized carbons (Fsp3) is 0.542. The smallest absolute Gasteiger partial charge is 0.226 e. The topological polar surface area (TPSA) is 25.2 Å². The van der Waals surface area contributed by atoms with Crippen LogP contribution in [0.3, 0.4) is 0 Å². The Kier molecular flexibility index (Phi) is 8.15. The molecule has 0 fully saturated rings. The van der Waals surface area contributed by atoms with Crippen molar-refractivity contribution in [1.29, 1.82) is 0 Å². The van der Waals surface area contributed by atoms with Crippen molar-refractivity contribution < 1.29 is 4.79 Å². The molecule has 1 aromatic heterocycles. The minimum Gasteiger partial charge on any atom is -0.345 e. The number of rotatable bonds is 10. The van der Waals surface area contributed by atoms with E-state index in [0.717, 1.165) is 32.2 Å². The van der Waals surface area contributed by atoms with E-state index >= 15 is 0 Å². The molecule has 3 heteroatoms. The van der Waals surface area contributed by atoms with Crippen LogP contribution in [0.5, 0.6) is 0 Å². The second-order valence-electron chi connectivity index (χ2n) is 7.92. The molecular formula is C24H36N2O. The van der Waals surface area contributed by atoms with Gasteiger partial charge in [-0.25, -0.2) is 0 Å². The maximum atomic E-state index is 13.2. The van der Waals surface area contributed by atoms with Crippen molar-refractivity contribution >= 4 is 5.91 Å². The minimum atomic E-state index is 0.146. The largest absolute Gasteiger partial charge is 0.345 e. The van der Waals surface area contributed by atoms with Crippen LogP contribution in [0, 0.1) is 12.8 Å². The number of hydrogen-bond donors (Lipinski definition) is 0. The van der Waals surface area contributed by atoms with Crippen LogP contribution in [0.25, 0.3) is 0 Å². The number of nitrogens with zero attached hydrogens (tertiary/aromatic N) is 2. The van der Waals surface area contributed by atoms with E-state index in [1.807, 2.05) is 0 Å². The minimum absolute atomic E-state index is 0.146. The van der Waals surface area contributed by atoms with E-state index in [1.54, 1.807) is 0 Å². The Balaban J connectivity index is 2.15. The Bertz CT molecular complexity index is 717. The number of benzene rings is 1. The fourth-order valence-electron chi connectivity index (χ4n) is 3.63. The predicted molar refractivity (Wildman–Crippen MR) is 114 cm³/mol. The predicted octanol–water partition coefficient (Wildman–Crippen LogP) is 5.80. The first-order valence-electron chi connectivity index (χ1n) is 10.5. The van der Waals surface area contributed by atoms with Gasteiger partial charge >= 0.3 is 0 Å². The highest BCUT2D eigenvalue weighted by Gasteiger charge is 2.25. The van der Waals surface area contributed by atoms with Gasteiger partial charge in [-0.05, 0) is 51.3 Å². The van der Waals surface area contributed by atoms with E-state index in [2.05, 4.69) is 86.7 Å². The summed E-state index contributed by atoms with van der Waals surface area (Å²) in [5, 5.41) is 0. The molecule has 0 aliphatic rings. The summed E-state index contributed by atoms with van der Waals surface area (Å²) < 4.78 is 2.27. The van der Waals surface area contributed by atoms with Crippen LogP contribution >= 0.6 is 0 Å². The Labute approximate surface area is 165 Å². The molecule has 0 spiro atoms. The van der Waals surface area contributed by atoms with Gasteiger partial charge in [0.25, 0.3) is 0 Å². The number of carbonyl (C=O) groups is 1. The Morgan fingerprint density at radius 2 is 1.93 bits per heavy atom. The molecule has 0 radical (unpaired) electrons. The highest BCUT2D eigenvalue weighted by atomic mass is 16.2. The summed E-state index contributed by atoms with van der Waals surface area (Å²) in [6, 6.07) is 13.1. The molecule has 2 aromatic rings. The molecule has 1 atom stereocenters. The zero-order valence-electron chi connectivity index (χ0n) is 17.7. The van der Waals surface area contributed by atoms with Crippen LogP contribution in [0.1, 0.15) is 70.2 Å². The lowest BCUT2D eigenvalue weighted by Crippen LogP contribution is -2.40. The van der Waals surface area contributed by atoms with Gasteiger partial charge in [-0.3, -0.25) is 4.79 Å². The van der Waals surface area contributed by atoms with Gasteiger partial charge < -0.3 is 9.47 Å². The Hall–Kier alpha value is -2.03. The standard InChI is InChI=1S/C24H36N2O/c1-6-8-13-22(7-2)24(27)26(19(3)4)18-23-14-10-15-25(23)17-21-12-9-11-20(5)16-21/h9-12,14-16,19,22H,6-8,13,17-18H2,1-5H3. The quantitative estimate of drug-likeness (QED) is 0.520. The van der Waals surface area contributed by atoms with Crippen molar-refractivity contribution in [2.45, 2.75) is 79.4 Å². The molecule has 1 heterocycles. The number of unbranched alkanes of at least 4 members (excludes halogenated alkanes) is 1. The molecule has 1 unspecified atom stereocenters. The molecule has 0 saturated carbocycles. The average molecular weight is 369 g/mol.